The Morgan fingerprint density at radius 1 is 1.54 bits per heavy atom. The van der Waals surface area contributed by atoms with Gasteiger partial charge in [-0.2, -0.15) is 0 Å². The molecule has 0 spiro atoms. The topological polar surface area (TPSA) is 79.6 Å². The third-order valence-corrected chi connectivity index (χ3v) is 1.03. The molecule has 0 saturated carbocycles. The van der Waals surface area contributed by atoms with Gasteiger partial charge in [0, 0.05) is 6.54 Å². The largest absolute Gasteiger partial charge is 0.345 e. The Labute approximate surface area is 78.3 Å². The second-order valence-corrected chi connectivity index (χ2v) is 3.48. The Hall–Kier alpha value is -0.850. The standard InChI is InChI=1S/C7H18N4O2/c1-5-11(10-6(12)9-8)13-7(2,3)4/h5,8H2,1-4H3,(H2,9,10,12). The van der Waals surface area contributed by atoms with Crippen LogP contribution in [0.5, 0.6) is 0 Å². The average Bonchev–Trinajstić information content (AvgIpc) is 2.00. The minimum atomic E-state index is -0.508. The lowest BCUT2D eigenvalue weighted by atomic mass is 10.2. The van der Waals surface area contributed by atoms with Gasteiger partial charge in [-0.1, -0.05) is 5.17 Å². The number of urea groups is 1. The summed E-state index contributed by atoms with van der Waals surface area (Å²) in [5.41, 5.74) is 4.00. The molecule has 0 saturated heterocycles. The number of hydrogen-bond acceptors (Lipinski definition) is 4. The van der Waals surface area contributed by atoms with Gasteiger partial charge >= 0.3 is 6.03 Å². The number of carbonyl (C=O) groups excluding carboxylic acids is 1. The molecule has 0 fully saturated rings. The summed E-state index contributed by atoms with van der Waals surface area (Å²) in [6.07, 6.45) is 0. The molecule has 4 N–H and O–H groups in total. The molecule has 0 aliphatic rings. The van der Waals surface area contributed by atoms with Crippen LogP contribution in [0.25, 0.3) is 0 Å². The highest BCUT2D eigenvalue weighted by Crippen LogP contribution is 2.07. The first-order valence-electron chi connectivity index (χ1n) is 4.13. The molecule has 13 heavy (non-hydrogen) atoms. The summed E-state index contributed by atoms with van der Waals surface area (Å²) in [5, 5.41) is 1.32. The van der Waals surface area contributed by atoms with Gasteiger partial charge in [0.25, 0.3) is 0 Å². The fraction of sp³-hybridized carbons (Fsp3) is 0.857. The normalized spacial score (nSPS) is 11.5. The van der Waals surface area contributed by atoms with Crippen molar-refractivity contribution in [3.05, 3.63) is 0 Å². The molecule has 0 aliphatic carbocycles. The summed E-state index contributed by atoms with van der Waals surface area (Å²) in [6.45, 7) is 8.04. The number of nitrogens with one attached hydrogen (secondary N) is 2. The van der Waals surface area contributed by atoms with Crippen LogP contribution < -0.4 is 16.7 Å². The third-order valence-electron chi connectivity index (χ3n) is 1.03. The molecule has 0 heterocycles. The molecule has 0 aromatic heterocycles. The van der Waals surface area contributed by atoms with Crippen LogP contribution >= 0.6 is 0 Å². The van der Waals surface area contributed by atoms with Crippen LogP contribution in [0.2, 0.25) is 0 Å². The van der Waals surface area contributed by atoms with E-state index in [1.165, 1.54) is 5.17 Å². The van der Waals surface area contributed by atoms with Gasteiger partial charge in [0.2, 0.25) is 0 Å². The third kappa shape index (κ3) is 6.32. The van der Waals surface area contributed by atoms with Crippen molar-refractivity contribution in [3.8, 4) is 0 Å². The lowest BCUT2D eigenvalue weighted by Crippen LogP contribution is -2.51. The molecule has 0 unspecified atom stereocenters. The van der Waals surface area contributed by atoms with E-state index in [1.54, 1.807) is 0 Å². The Bertz CT molecular complexity index is 166. The molecule has 0 bridgehead atoms. The monoisotopic (exact) mass is 190 g/mol. The number of hydroxylamine groups is 1. The van der Waals surface area contributed by atoms with Gasteiger partial charge in [0.15, 0.2) is 0 Å². The van der Waals surface area contributed by atoms with Crippen molar-refractivity contribution in [2.75, 3.05) is 6.54 Å². The van der Waals surface area contributed by atoms with Crippen molar-refractivity contribution in [2.45, 2.75) is 33.3 Å². The molecular weight excluding hydrogens is 172 g/mol. The predicted molar refractivity (Wildman–Crippen MR) is 49.1 cm³/mol. The van der Waals surface area contributed by atoms with Crippen molar-refractivity contribution in [1.29, 1.82) is 0 Å². The van der Waals surface area contributed by atoms with Gasteiger partial charge in [-0.3, -0.25) is 10.3 Å². The van der Waals surface area contributed by atoms with E-state index in [2.05, 4.69) is 5.43 Å². The predicted octanol–water partition coefficient (Wildman–Crippen LogP) is 0.126. The van der Waals surface area contributed by atoms with Gasteiger partial charge in [0.1, 0.15) is 0 Å². The second-order valence-electron chi connectivity index (χ2n) is 3.48. The number of nitrogens with two attached hydrogens (primary N) is 1. The number of amides is 2. The molecule has 78 valence electrons. The quantitative estimate of drug-likeness (QED) is 0.335. The van der Waals surface area contributed by atoms with Gasteiger partial charge in [-0.25, -0.2) is 16.1 Å². The minimum absolute atomic E-state index is 0.349. The van der Waals surface area contributed by atoms with Crippen molar-refractivity contribution < 1.29 is 9.63 Å². The minimum Gasteiger partial charge on any atom is -0.275 e. The lowest BCUT2D eigenvalue weighted by molar-refractivity contribution is -0.246. The molecule has 0 aromatic carbocycles. The number of rotatable bonds is 3. The summed E-state index contributed by atoms with van der Waals surface area (Å²) < 4.78 is 0. The Balaban J connectivity index is 3.97. The first kappa shape index (κ1) is 12.2. The van der Waals surface area contributed by atoms with Crippen LogP contribution in [0.4, 0.5) is 4.79 Å². The van der Waals surface area contributed by atoms with E-state index in [0.717, 1.165) is 0 Å². The van der Waals surface area contributed by atoms with Gasteiger partial charge in [-0.15, -0.1) is 0 Å². The van der Waals surface area contributed by atoms with E-state index in [0.29, 0.717) is 6.54 Å². The zero-order valence-electron chi connectivity index (χ0n) is 8.55. The van der Waals surface area contributed by atoms with E-state index < -0.39 is 6.03 Å². The highest BCUT2D eigenvalue weighted by molar-refractivity contribution is 5.72. The van der Waals surface area contributed by atoms with Crippen LogP contribution in [-0.4, -0.2) is 23.3 Å². The number of carbonyl (C=O) groups is 1. The van der Waals surface area contributed by atoms with E-state index in [1.807, 2.05) is 33.1 Å². The number of nitrogens with zero attached hydrogens (tertiary/aromatic N) is 1. The van der Waals surface area contributed by atoms with Crippen LogP contribution in [-0.2, 0) is 4.84 Å². The summed E-state index contributed by atoms with van der Waals surface area (Å²) in [4.78, 5) is 16.2. The zero-order chi connectivity index (χ0) is 10.5. The van der Waals surface area contributed by atoms with E-state index in [-0.39, 0.29) is 5.60 Å². The summed E-state index contributed by atoms with van der Waals surface area (Å²) in [5.74, 6) is 4.89. The molecule has 6 heteroatoms. The van der Waals surface area contributed by atoms with Crippen molar-refractivity contribution >= 4 is 6.03 Å². The lowest BCUT2D eigenvalue weighted by Gasteiger charge is -2.28. The van der Waals surface area contributed by atoms with Crippen molar-refractivity contribution in [1.82, 2.24) is 16.0 Å². The molecule has 0 rings (SSSR count). The Kier molecular flexibility index (Phi) is 4.68. The fourth-order valence-corrected chi connectivity index (χ4v) is 0.643. The maximum Gasteiger partial charge on any atom is 0.345 e. The summed E-state index contributed by atoms with van der Waals surface area (Å²) >= 11 is 0. The van der Waals surface area contributed by atoms with Gasteiger partial charge in [0.05, 0.1) is 5.60 Å². The fourth-order valence-electron chi connectivity index (χ4n) is 0.643. The summed E-state index contributed by atoms with van der Waals surface area (Å²) in [6, 6.07) is -0.508. The first-order valence-corrected chi connectivity index (χ1v) is 4.13. The van der Waals surface area contributed by atoms with Crippen molar-refractivity contribution in [3.63, 3.8) is 0 Å². The molecule has 6 nitrogen and oxygen atoms in total. The molecule has 0 aromatic rings. The van der Waals surface area contributed by atoms with Gasteiger partial charge in [-0.05, 0) is 27.7 Å². The van der Waals surface area contributed by atoms with E-state index >= 15 is 0 Å². The van der Waals surface area contributed by atoms with Crippen LogP contribution in [0, 0.1) is 0 Å². The molecule has 0 radical (unpaired) electrons. The maximum atomic E-state index is 10.8. The van der Waals surface area contributed by atoms with Crippen LogP contribution in [0.3, 0.4) is 0 Å². The second kappa shape index (κ2) is 5.00. The molecular formula is C7H18N4O2. The number of hydrogen-bond donors (Lipinski definition) is 3. The SMILES string of the molecule is CCN(NC(=O)NN)OC(C)(C)C. The molecule has 0 atom stereocenters. The van der Waals surface area contributed by atoms with E-state index in [9.17, 15) is 4.79 Å². The highest BCUT2D eigenvalue weighted by Gasteiger charge is 2.16. The van der Waals surface area contributed by atoms with Crippen LogP contribution in [0.1, 0.15) is 27.7 Å². The Morgan fingerprint density at radius 3 is 2.38 bits per heavy atom. The summed E-state index contributed by atoms with van der Waals surface area (Å²) in [7, 11) is 0. The smallest absolute Gasteiger partial charge is 0.275 e. The zero-order valence-corrected chi connectivity index (χ0v) is 8.55. The molecule has 0 aliphatic heterocycles. The Morgan fingerprint density at radius 2 is 2.08 bits per heavy atom. The first-order chi connectivity index (χ1) is 5.89. The number of hydrazine groups is 2. The van der Waals surface area contributed by atoms with Crippen molar-refractivity contribution in [2.24, 2.45) is 5.84 Å². The van der Waals surface area contributed by atoms with Gasteiger partial charge < -0.3 is 0 Å². The van der Waals surface area contributed by atoms with E-state index in [4.69, 9.17) is 10.7 Å². The maximum absolute atomic E-state index is 10.8. The van der Waals surface area contributed by atoms with Crippen LogP contribution in [0.15, 0.2) is 0 Å². The highest BCUT2D eigenvalue weighted by atomic mass is 16.7. The molecule has 2 amide bonds. The average molecular weight is 190 g/mol.